The summed E-state index contributed by atoms with van der Waals surface area (Å²) < 4.78 is 63.3. The zero-order valence-corrected chi connectivity index (χ0v) is 29.4. The fourth-order valence-electron chi connectivity index (χ4n) is 6.46. The molecule has 0 bridgehead atoms. The molecule has 3 aromatic rings. The van der Waals surface area contributed by atoms with E-state index in [0.29, 0.717) is 65.9 Å². The summed E-state index contributed by atoms with van der Waals surface area (Å²) in [6.45, 7) is 12.0. The Kier molecular flexibility index (Phi) is 8.88. The van der Waals surface area contributed by atoms with Crippen molar-refractivity contribution in [3.05, 3.63) is 51.4 Å². The van der Waals surface area contributed by atoms with Gasteiger partial charge in [0.1, 0.15) is 27.9 Å². The van der Waals surface area contributed by atoms with E-state index >= 15 is 4.39 Å². The number of aromatic nitrogens is 3. The molecule has 45 heavy (non-hydrogen) atoms. The van der Waals surface area contributed by atoms with Crippen LogP contribution in [0.1, 0.15) is 61.9 Å². The van der Waals surface area contributed by atoms with Gasteiger partial charge in [0.05, 0.1) is 41.3 Å². The standard InChI is InChI=1S/C32H43ClFN3O6SSi/c1-32(2,3)45(5,6)43-26-17-41-28-25(16-40-29(26)28)42-31-36-24-15-21(33)23(35-30(24)37-31)14-20-10-9-19-12-18(13-22(34)27(19)20)8-7-11-44(4,38)39/h12-13,15,20,25-26,28-29H,7-11,14,16-17H2,1-6H3,(H,35,36,37)/t20-,25-,26-,28-,29-/m1/s1. The number of rotatable bonds is 10. The van der Waals surface area contributed by atoms with Crippen molar-refractivity contribution in [2.45, 2.75) is 101 Å². The average molecular weight is 680 g/mol. The second-order valence-electron chi connectivity index (χ2n) is 14.3. The predicted molar refractivity (Wildman–Crippen MR) is 174 cm³/mol. The highest BCUT2D eigenvalue weighted by Crippen LogP contribution is 2.41. The lowest BCUT2D eigenvalue weighted by atomic mass is 9.94. The van der Waals surface area contributed by atoms with Crippen molar-refractivity contribution in [3.63, 3.8) is 0 Å². The summed E-state index contributed by atoms with van der Waals surface area (Å²) in [5, 5.41) is 0.570. The van der Waals surface area contributed by atoms with E-state index < -0.39 is 18.2 Å². The molecule has 1 aliphatic carbocycles. The summed E-state index contributed by atoms with van der Waals surface area (Å²) >= 11 is 6.68. The Morgan fingerprint density at radius 2 is 1.82 bits per heavy atom. The van der Waals surface area contributed by atoms with E-state index in [1.165, 1.54) is 6.26 Å². The van der Waals surface area contributed by atoms with Crippen LogP contribution in [0.25, 0.3) is 11.2 Å². The molecule has 246 valence electrons. The van der Waals surface area contributed by atoms with E-state index in [4.69, 9.17) is 35.2 Å². The van der Waals surface area contributed by atoms with Gasteiger partial charge in [-0.3, -0.25) is 0 Å². The number of aromatic amines is 1. The van der Waals surface area contributed by atoms with Crippen LogP contribution >= 0.6 is 11.6 Å². The maximum Gasteiger partial charge on any atom is 0.296 e. The second-order valence-corrected chi connectivity index (χ2v) is 21.7. The SMILES string of the molecule is CC(C)(C)[Si](C)(C)O[C@@H]1CO[C@H]2[C@@H]1OC[C@H]2Oc1nc2nc(C[C@H]3CCc4cc(CCCS(C)(=O)=O)cc(F)c43)c(Cl)cc2[nH]1. The summed E-state index contributed by atoms with van der Waals surface area (Å²) in [5.41, 5.74) is 4.30. The highest BCUT2D eigenvalue weighted by atomic mass is 35.5. The number of nitrogens with zero attached hydrogens (tertiary/aromatic N) is 2. The molecule has 1 N–H and O–H groups in total. The zero-order valence-electron chi connectivity index (χ0n) is 26.8. The number of hydrogen-bond acceptors (Lipinski definition) is 8. The van der Waals surface area contributed by atoms with Crippen LogP contribution in [0.2, 0.25) is 23.2 Å². The molecule has 3 aliphatic rings. The third-order valence-corrected chi connectivity index (χ3v) is 15.7. The molecule has 4 heterocycles. The Balaban J connectivity index is 1.12. The maximum atomic E-state index is 15.3. The minimum Gasteiger partial charge on any atom is -0.456 e. The first-order chi connectivity index (χ1) is 21.1. The molecule has 0 amide bonds. The van der Waals surface area contributed by atoms with Gasteiger partial charge < -0.3 is 23.6 Å². The lowest BCUT2D eigenvalue weighted by Crippen LogP contribution is -2.47. The minimum atomic E-state index is -3.04. The second kappa shape index (κ2) is 12.2. The molecule has 2 aliphatic heterocycles. The molecule has 9 nitrogen and oxygen atoms in total. The van der Waals surface area contributed by atoms with E-state index in [2.05, 4.69) is 43.8 Å². The smallest absolute Gasteiger partial charge is 0.296 e. The van der Waals surface area contributed by atoms with Crippen LogP contribution in [0.4, 0.5) is 4.39 Å². The Morgan fingerprint density at radius 3 is 2.53 bits per heavy atom. The molecule has 0 saturated carbocycles. The van der Waals surface area contributed by atoms with Gasteiger partial charge in [0.2, 0.25) is 0 Å². The number of benzene rings is 1. The Labute approximate surface area is 270 Å². The summed E-state index contributed by atoms with van der Waals surface area (Å²) in [7, 11) is -5.03. The van der Waals surface area contributed by atoms with Gasteiger partial charge in [0.25, 0.3) is 6.01 Å². The molecule has 0 spiro atoms. The van der Waals surface area contributed by atoms with Crippen molar-refractivity contribution in [1.29, 1.82) is 0 Å². The minimum absolute atomic E-state index is 0.0595. The molecule has 2 aromatic heterocycles. The molecule has 0 unspecified atom stereocenters. The van der Waals surface area contributed by atoms with Gasteiger partial charge in [-0.25, -0.2) is 17.8 Å². The third kappa shape index (κ3) is 6.96. The molecule has 13 heteroatoms. The third-order valence-electron chi connectivity index (χ3n) is 9.82. The van der Waals surface area contributed by atoms with Crippen LogP contribution in [0, 0.1) is 5.82 Å². The first kappa shape index (κ1) is 32.8. The molecule has 1 aromatic carbocycles. The van der Waals surface area contributed by atoms with Crippen LogP contribution in [0.15, 0.2) is 18.2 Å². The first-order valence-electron chi connectivity index (χ1n) is 15.7. The first-order valence-corrected chi connectivity index (χ1v) is 21.0. The fraction of sp³-hybridized carbons (Fsp3) is 0.625. The van der Waals surface area contributed by atoms with Gasteiger partial charge in [-0.1, -0.05) is 38.4 Å². The fourth-order valence-corrected chi connectivity index (χ4v) is 8.67. The molecule has 0 radical (unpaired) electrons. The summed E-state index contributed by atoms with van der Waals surface area (Å²) in [6, 6.07) is 5.67. The van der Waals surface area contributed by atoms with Gasteiger partial charge in [-0.15, -0.1) is 0 Å². The number of H-pyrrole nitrogens is 1. The number of hydrogen-bond donors (Lipinski definition) is 1. The quantitative estimate of drug-likeness (QED) is 0.262. The molecule has 2 saturated heterocycles. The summed E-state index contributed by atoms with van der Waals surface area (Å²) in [6.07, 6.45) is 3.35. The molecule has 6 rings (SSSR count). The number of pyridine rings is 1. The van der Waals surface area contributed by atoms with E-state index in [1.54, 1.807) is 12.1 Å². The number of ether oxygens (including phenoxy) is 3. The molecule has 5 atom stereocenters. The number of fused-ring (bicyclic) bond motifs is 3. The molecular formula is C32H43ClFN3O6SSi. The largest absolute Gasteiger partial charge is 0.456 e. The topological polar surface area (TPSA) is 113 Å². The normalized spacial score (nSPS) is 25.2. The Hall–Kier alpha value is -2.09. The van der Waals surface area contributed by atoms with Crippen LogP contribution in [0.5, 0.6) is 6.01 Å². The number of halogens is 2. The van der Waals surface area contributed by atoms with Gasteiger partial charge in [0.15, 0.2) is 20.1 Å². The maximum absolute atomic E-state index is 15.3. The van der Waals surface area contributed by atoms with Crippen molar-refractivity contribution in [1.82, 2.24) is 15.0 Å². The van der Waals surface area contributed by atoms with Crippen molar-refractivity contribution in [3.8, 4) is 6.01 Å². The van der Waals surface area contributed by atoms with E-state index in [9.17, 15) is 8.42 Å². The van der Waals surface area contributed by atoms with Crippen LogP contribution in [-0.4, -0.2) is 81.3 Å². The van der Waals surface area contributed by atoms with Gasteiger partial charge >= 0.3 is 0 Å². The van der Waals surface area contributed by atoms with Gasteiger partial charge in [-0.05, 0) is 85.0 Å². The summed E-state index contributed by atoms with van der Waals surface area (Å²) in [5.74, 6) is -0.215. The van der Waals surface area contributed by atoms with Crippen molar-refractivity contribution >= 4 is 40.9 Å². The Morgan fingerprint density at radius 1 is 1.11 bits per heavy atom. The number of aryl methyl sites for hydroxylation is 2. The van der Waals surface area contributed by atoms with Crippen molar-refractivity contribution < 1.29 is 31.4 Å². The van der Waals surface area contributed by atoms with Crippen molar-refractivity contribution in [2.75, 3.05) is 25.2 Å². The Bertz CT molecular complexity index is 1690. The highest BCUT2D eigenvalue weighted by Gasteiger charge is 2.52. The van der Waals surface area contributed by atoms with Crippen LogP contribution in [-0.2, 0) is 43.0 Å². The predicted octanol–water partition coefficient (Wildman–Crippen LogP) is 5.94. The van der Waals surface area contributed by atoms with Gasteiger partial charge in [-0.2, -0.15) is 4.98 Å². The molecule has 2 fully saturated rings. The summed E-state index contributed by atoms with van der Waals surface area (Å²) in [4.78, 5) is 12.5. The van der Waals surface area contributed by atoms with Crippen molar-refractivity contribution in [2.24, 2.45) is 0 Å². The number of imidazole rings is 1. The van der Waals surface area contributed by atoms with E-state index in [0.717, 1.165) is 24.0 Å². The van der Waals surface area contributed by atoms with Crippen LogP contribution < -0.4 is 4.74 Å². The monoisotopic (exact) mass is 679 g/mol. The highest BCUT2D eigenvalue weighted by molar-refractivity contribution is 7.90. The number of nitrogens with one attached hydrogen (secondary N) is 1. The average Bonchev–Trinajstić information content (AvgIpc) is 3.69. The lowest BCUT2D eigenvalue weighted by molar-refractivity contribution is 0.0116. The van der Waals surface area contributed by atoms with Crippen LogP contribution in [0.3, 0.4) is 0 Å². The lowest BCUT2D eigenvalue weighted by Gasteiger charge is -2.39. The molecular weight excluding hydrogens is 637 g/mol. The van der Waals surface area contributed by atoms with Gasteiger partial charge in [0, 0.05) is 6.26 Å². The van der Waals surface area contributed by atoms with E-state index in [-0.39, 0.29) is 46.9 Å². The number of sulfone groups is 1. The van der Waals surface area contributed by atoms with E-state index in [1.807, 2.05) is 6.07 Å². The zero-order chi connectivity index (χ0) is 32.3.